The predicted molar refractivity (Wildman–Crippen MR) is 58.5 cm³/mol. The van der Waals surface area contributed by atoms with Gasteiger partial charge in [0, 0.05) is 6.54 Å². The molecule has 0 aromatic rings. The van der Waals surface area contributed by atoms with Crippen molar-refractivity contribution in [3.8, 4) is 0 Å². The van der Waals surface area contributed by atoms with Crippen molar-refractivity contribution < 1.29 is 9.53 Å². The molecule has 1 aliphatic rings. The molecule has 1 heterocycles. The third kappa shape index (κ3) is 6.43. The minimum absolute atomic E-state index is 0.0205. The van der Waals surface area contributed by atoms with Crippen LogP contribution in [-0.2, 0) is 9.53 Å². The Morgan fingerprint density at radius 1 is 1.60 bits per heavy atom. The molecular formula is C10H21N3O2. The fourth-order valence-electron chi connectivity index (χ4n) is 1.72. The molecular weight excluding hydrogens is 194 g/mol. The van der Waals surface area contributed by atoms with E-state index < -0.39 is 5.91 Å². The highest BCUT2D eigenvalue weighted by Crippen LogP contribution is 2.07. The molecule has 0 radical (unpaired) electrons. The van der Waals surface area contributed by atoms with Gasteiger partial charge in [0.2, 0.25) is 5.91 Å². The normalized spacial score (nSPS) is 21.5. The number of carbonyl (C=O) groups is 1. The SMILES string of the molecule is NC(=O)COCCNCC1CCCNC1. The van der Waals surface area contributed by atoms with Gasteiger partial charge in [0.05, 0.1) is 6.61 Å². The lowest BCUT2D eigenvalue weighted by Gasteiger charge is -2.22. The Bertz CT molecular complexity index is 182. The molecule has 1 aliphatic heterocycles. The van der Waals surface area contributed by atoms with Crippen LogP contribution in [0.1, 0.15) is 12.8 Å². The molecule has 5 heteroatoms. The molecule has 4 N–H and O–H groups in total. The molecule has 1 amide bonds. The minimum Gasteiger partial charge on any atom is -0.370 e. The number of nitrogens with two attached hydrogens (primary N) is 1. The van der Waals surface area contributed by atoms with Crippen LogP contribution < -0.4 is 16.4 Å². The Balaban J connectivity index is 1.85. The summed E-state index contributed by atoms with van der Waals surface area (Å²) in [5.74, 6) is 0.321. The van der Waals surface area contributed by atoms with Crippen LogP contribution in [0.5, 0.6) is 0 Å². The van der Waals surface area contributed by atoms with Crippen LogP contribution in [0.4, 0.5) is 0 Å². The Kier molecular flexibility index (Phi) is 6.31. The lowest BCUT2D eigenvalue weighted by Crippen LogP contribution is -2.37. The molecule has 1 atom stereocenters. The second-order valence-corrected chi connectivity index (χ2v) is 3.94. The van der Waals surface area contributed by atoms with E-state index in [9.17, 15) is 4.79 Å². The number of carbonyl (C=O) groups excluding carboxylic acids is 1. The summed E-state index contributed by atoms with van der Waals surface area (Å²) in [5, 5.41) is 6.68. The lowest BCUT2D eigenvalue weighted by molar-refractivity contribution is -0.122. The van der Waals surface area contributed by atoms with Gasteiger partial charge in [-0.3, -0.25) is 4.79 Å². The van der Waals surface area contributed by atoms with E-state index in [1.165, 1.54) is 12.8 Å². The van der Waals surface area contributed by atoms with Crippen molar-refractivity contribution in [1.29, 1.82) is 0 Å². The molecule has 1 unspecified atom stereocenters. The second kappa shape index (κ2) is 7.62. The average molecular weight is 215 g/mol. The molecule has 0 aliphatic carbocycles. The van der Waals surface area contributed by atoms with Gasteiger partial charge in [0.15, 0.2) is 0 Å². The molecule has 88 valence electrons. The van der Waals surface area contributed by atoms with E-state index in [2.05, 4.69) is 10.6 Å². The van der Waals surface area contributed by atoms with E-state index in [-0.39, 0.29) is 6.61 Å². The molecule has 1 rings (SSSR count). The second-order valence-electron chi connectivity index (χ2n) is 3.94. The summed E-state index contributed by atoms with van der Waals surface area (Å²) in [5.41, 5.74) is 4.93. The van der Waals surface area contributed by atoms with Crippen LogP contribution in [0.15, 0.2) is 0 Å². The van der Waals surface area contributed by atoms with Gasteiger partial charge in [0.25, 0.3) is 0 Å². The van der Waals surface area contributed by atoms with E-state index in [0.717, 1.165) is 32.1 Å². The van der Waals surface area contributed by atoms with Crippen LogP contribution in [0.3, 0.4) is 0 Å². The van der Waals surface area contributed by atoms with Crippen molar-refractivity contribution in [3.05, 3.63) is 0 Å². The van der Waals surface area contributed by atoms with Gasteiger partial charge in [-0.05, 0) is 38.4 Å². The Morgan fingerprint density at radius 2 is 2.47 bits per heavy atom. The predicted octanol–water partition coefficient (Wildman–Crippen LogP) is -0.922. The Hall–Kier alpha value is -0.650. The molecule has 5 nitrogen and oxygen atoms in total. The number of primary amides is 1. The first-order valence-corrected chi connectivity index (χ1v) is 5.56. The van der Waals surface area contributed by atoms with E-state index in [1.54, 1.807) is 0 Å². The molecule has 0 bridgehead atoms. The average Bonchev–Trinajstić information content (AvgIpc) is 2.24. The fraction of sp³-hybridized carbons (Fsp3) is 0.900. The quantitative estimate of drug-likeness (QED) is 0.480. The largest absolute Gasteiger partial charge is 0.370 e. The van der Waals surface area contributed by atoms with Gasteiger partial charge >= 0.3 is 0 Å². The fourth-order valence-corrected chi connectivity index (χ4v) is 1.72. The highest BCUT2D eigenvalue weighted by molar-refractivity contribution is 5.74. The number of piperidine rings is 1. The zero-order valence-electron chi connectivity index (χ0n) is 9.13. The first-order valence-electron chi connectivity index (χ1n) is 5.56. The number of ether oxygens (including phenoxy) is 1. The molecule has 1 fully saturated rings. The molecule has 0 aromatic carbocycles. The van der Waals surface area contributed by atoms with E-state index in [0.29, 0.717) is 6.61 Å². The third-order valence-corrected chi connectivity index (χ3v) is 2.50. The monoisotopic (exact) mass is 215 g/mol. The van der Waals surface area contributed by atoms with Crippen molar-refractivity contribution in [2.45, 2.75) is 12.8 Å². The summed E-state index contributed by atoms with van der Waals surface area (Å²) in [4.78, 5) is 10.3. The van der Waals surface area contributed by atoms with Crippen LogP contribution in [0.25, 0.3) is 0 Å². The van der Waals surface area contributed by atoms with Crippen molar-refractivity contribution in [3.63, 3.8) is 0 Å². The molecule has 1 saturated heterocycles. The van der Waals surface area contributed by atoms with Crippen molar-refractivity contribution >= 4 is 5.91 Å². The van der Waals surface area contributed by atoms with Gasteiger partial charge in [-0.15, -0.1) is 0 Å². The summed E-state index contributed by atoms with van der Waals surface area (Å²) in [7, 11) is 0. The molecule has 15 heavy (non-hydrogen) atoms. The number of nitrogens with one attached hydrogen (secondary N) is 2. The number of hydrogen-bond donors (Lipinski definition) is 3. The van der Waals surface area contributed by atoms with Crippen molar-refractivity contribution in [2.24, 2.45) is 11.7 Å². The number of rotatable bonds is 7. The Morgan fingerprint density at radius 3 is 3.13 bits per heavy atom. The summed E-state index contributed by atoms with van der Waals surface area (Å²) in [6, 6.07) is 0. The van der Waals surface area contributed by atoms with Crippen molar-refractivity contribution in [2.75, 3.05) is 39.4 Å². The van der Waals surface area contributed by atoms with E-state index in [1.807, 2.05) is 0 Å². The maximum absolute atomic E-state index is 10.3. The smallest absolute Gasteiger partial charge is 0.243 e. The maximum Gasteiger partial charge on any atom is 0.243 e. The summed E-state index contributed by atoms with van der Waals surface area (Å²) >= 11 is 0. The van der Waals surface area contributed by atoms with Crippen LogP contribution in [-0.4, -0.2) is 45.3 Å². The standard InChI is InChI=1S/C10H21N3O2/c11-10(14)8-15-5-4-13-7-9-2-1-3-12-6-9/h9,12-13H,1-8H2,(H2,11,14). The lowest BCUT2D eigenvalue weighted by atomic mass is 10.00. The summed E-state index contributed by atoms with van der Waals surface area (Å²) < 4.78 is 5.03. The maximum atomic E-state index is 10.3. The van der Waals surface area contributed by atoms with E-state index in [4.69, 9.17) is 10.5 Å². The van der Waals surface area contributed by atoms with Gasteiger partial charge in [-0.2, -0.15) is 0 Å². The summed E-state index contributed by atoms with van der Waals surface area (Å²) in [6.07, 6.45) is 2.56. The van der Waals surface area contributed by atoms with Crippen LogP contribution in [0, 0.1) is 5.92 Å². The van der Waals surface area contributed by atoms with Gasteiger partial charge in [-0.1, -0.05) is 0 Å². The topological polar surface area (TPSA) is 76.4 Å². The summed E-state index contributed by atoms with van der Waals surface area (Å²) in [6.45, 7) is 4.62. The molecule has 0 aromatic heterocycles. The van der Waals surface area contributed by atoms with Crippen LogP contribution in [0.2, 0.25) is 0 Å². The highest BCUT2D eigenvalue weighted by Gasteiger charge is 2.11. The highest BCUT2D eigenvalue weighted by atomic mass is 16.5. The van der Waals surface area contributed by atoms with Gasteiger partial charge in [-0.25, -0.2) is 0 Å². The number of hydrogen-bond acceptors (Lipinski definition) is 4. The molecule has 0 saturated carbocycles. The van der Waals surface area contributed by atoms with Crippen molar-refractivity contribution in [1.82, 2.24) is 10.6 Å². The Labute approximate surface area is 90.7 Å². The first-order chi connectivity index (χ1) is 7.29. The van der Waals surface area contributed by atoms with Gasteiger partial charge < -0.3 is 21.1 Å². The number of amides is 1. The minimum atomic E-state index is -0.411. The van der Waals surface area contributed by atoms with E-state index >= 15 is 0 Å². The third-order valence-electron chi connectivity index (χ3n) is 2.50. The zero-order valence-corrected chi connectivity index (χ0v) is 9.13. The van der Waals surface area contributed by atoms with Crippen LogP contribution >= 0.6 is 0 Å². The first kappa shape index (κ1) is 12.4. The zero-order chi connectivity index (χ0) is 10.9. The van der Waals surface area contributed by atoms with Gasteiger partial charge in [0.1, 0.15) is 6.61 Å². The molecule has 0 spiro atoms.